The molecule has 1 saturated heterocycles. The van der Waals surface area contributed by atoms with Crippen molar-refractivity contribution < 1.29 is 4.79 Å². The number of carbonyl (C=O) groups excluding carboxylic acids is 1. The lowest BCUT2D eigenvalue weighted by atomic mass is 10.2. The molecule has 3 heterocycles. The Hall–Kier alpha value is -1.25. The highest BCUT2D eigenvalue weighted by atomic mass is 32.2. The average Bonchev–Trinajstić information content (AvgIpc) is 3.04. The molecule has 2 aromatic heterocycles. The van der Waals surface area contributed by atoms with Gasteiger partial charge in [0.05, 0.1) is 9.77 Å². The first-order chi connectivity index (χ1) is 11.6. The normalized spacial score (nSPS) is 15.0. The van der Waals surface area contributed by atoms with E-state index in [9.17, 15) is 4.79 Å². The molecule has 8 heteroatoms. The molecule has 0 saturated carbocycles. The number of hydrogen-bond donors (Lipinski definition) is 0. The number of aromatic nitrogens is 2. The molecule has 1 aliphatic rings. The summed E-state index contributed by atoms with van der Waals surface area (Å²) < 4.78 is 5.42. The highest BCUT2D eigenvalue weighted by Crippen LogP contribution is 2.33. The molecule has 1 fully saturated rings. The molecule has 2 aromatic rings. The van der Waals surface area contributed by atoms with Gasteiger partial charge in [-0.25, -0.2) is 4.98 Å². The van der Waals surface area contributed by atoms with E-state index in [1.165, 1.54) is 11.5 Å². The Morgan fingerprint density at radius 2 is 1.92 bits per heavy atom. The Morgan fingerprint density at radius 1 is 1.17 bits per heavy atom. The predicted molar refractivity (Wildman–Crippen MR) is 103 cm³/mol. The first kappa shape index (κ1) is 17.6. The maximum Gasteiger partial charge on any atom is 0.258 e. The van der Waals surface area contributed by atoms with Crippen molar-refractivity contribution >= 4 is 46.8 Å². The molecule has 0 spiro atoms. The van der Waals surface area contributed by atoms with Crippen LogP contribution in [0.3, 0.4) is 0 Å². The summed E-state index contributed by atoms with van der Waals surface area (Å²) in [5, 5.41) is 0.845. The topological polar surface area (TPSA) is 49.3 Å². The van der Waals surface area contributed by atoms with Crippen LogP contribution in [0.2, 0.25) is 0 Å². The minimum Gasteiger partial charge on any atom is -0.353 e. The second kappa shape index (κ2) is 7.76. The first-order valence-corrected chi connectivity index (χ1v) is 10.9. The fourth-order valence-electron chi connectivity index (χ4n) is 2.72. The van der Waals surface area contributed by atoms with E-state index in [4.69, 9.17) is 0 Å². The Balaban J connectivity index is 1.71. The van der Waals surface area contributed by atoms with Crippen LogP contribution in [0.25, 0.3) is 0 Å². The second-order valence-electron chi connectivity index (χ2n) is 5.47. The third-order valence-electron chi connectivity index (χ3n) is 3.99. The summed E-state index contributed by atoms with van der Waals surface area (Å²) in [4.78, 5) is 21.7. The Morgan fingerprint density at radius 3 is 2.54 bits per heavy atom. The SMILES string of the molecule is CSc1nsc(SC)c1C(=O)N1CCN(c2cccc(C)n2)CC1. The molecule has 1 aliphatic heterocycles. The van der Waals surface area contributed by atoms with Gasteiger partial charge in [-0.1, -0.05) is 6.07 Å². The van der Waals surface area contributed by atoms with Crippen molar-refractivity contribution in [1.29, 1.82) is 0 Å². The monoisotopic (exact) mass is 380 g/mol. The number of anilines is 1. The summed E-state index contributed by atoms with van der Waals surface area (Å²) in [6, 6.07) is 6.06. The zero-order valence-electron chi connectivity index (χ0n) is 14.0. The van der Waals surface area contributed by atoms with E-state index < -0.39 is 0 Å². The molecule has 5 nitrogen and oxygen atoms in total. The van der Waals surface area contributed by atoms with Gasteiger partial charge in [0, 0.05) is 31.9 Å². The van der Waals surface area contributed by atoms with Crippen LogP contribution in [0, 0.1) is 6.92 Å². The van der Waals surface area contributed by atoms with Gasteiger partial charge in [-0.15, -0.1) is 23.5 Å². The third kappa shape index (κ3) is 3.55. The Labute approximate surface area is 155 Å². The fraction of sp³-hybridized carbons (Fsp3) is 0.438. The fourth-order valence-corrected chi connectivity index (χ4v) is 4.98. The van der Waals surface area contributed by atoms with E-state index in [2.05, 4.69) is 14.3 Å². The number of nitrogens with zero attached hydrogens (tertiary/aromatic N) is 4. The van der Waals surface area contributed by atoms with Crippen LogP contribution in [0.1, 0.15) is 16.1 Å². The lowest BCUT2D eigenvalue weighted by Crippen LogP contribution is -2.49. The number of piperazine rings is 1. The maximum absolute atomic E-state index is 12.9. The van der Waals surface area contributed by atoms with Crippen molar-refractivity contribution in [2.45, 2.75) is 16.2 Å². The third-order valence-corrected chi connectivity index (χ3v) is 6.73. The van der Waals surface area contributed by atoms with E-state index in [1.807, 2.05) is 42.5 Å². The van der Waals surface area contributed by atoms with E-state index in [-0.39, 0.29) is 5.91 Å². The van der Waals surface area contributed by atoms with E-state index in [0.29, 0.717) is 13.1 Å². The van der Waals surface area contributed by atoms with Gasteiger partial charge in [0.2, 0.25) is 0 Å². The van der Waals surface area contributed by atoms with Crippen molar-refractivity contribution in [3.63, 3.8) is 0 Å². The molecule has 0 aromatic carbocycles. The van der Waals surface area contributed by atoms with Crippen molar-refractivity contribution in [2.75, 3.05) is 43.6 Å². The molecule has 128 valence electrons. The van der Waals surface area contributed by atoms with Gasteiger partial charge in [0.1, 0.15) is 10.8 Å². The standard InChI is InChI=1S/C16H20N4OS3/c1-11-5-4-6-12(17-11)19-7-9-20(10-8-19)15(21)13-14(22-2)18-24-16(13)23-3/h4-6H,7-10H2,1-3H3. The molecule has 0 bridgehead atoms. The predicted octanol–water partition coefficient (Wildman–Crippen LogP) is 3.25. The number of pyridine rings is 1. The second-order valence-corrected chi connectivity index (χ2v) is 8.12. The smallest absolute Gasteiger partial charge is 0.258 e. The van der Waals surface area contributed by atoms with Gasteiger partial charge in [-0.3, -0.25) is 4.79 Å². The van der Waals surface area contributed by atoms with Crippen molar-refractivity contribution in [1.82, 2.24) is 14.3 Å². The van der Waals surface area contributed by atoms with Gasteiger partial charge in [-0.2, -0.15) is 4.37 Å². The maximum atomic E-state index is 12.9. The summed E-state index contributed by atoms with van der Waals surface area (Å²) >= 11 is 4.56. The van der Waals surface area contributed by atoms with Crippen LogP contribution in [0.15, 0.2) is 27.4 Å². The van der Waals surface area contributed by atoms with Crippen molar-refractivity contribution in [3.8, 4) is 0 Å². The lowest BCUT2D eigenvalue weighted by Gasteiger charge is -2.35. The molecule has 1 amide bonds. The minimum atomic E-state index is 0.106. The highest BCUT2D eigenvalue weighted by molar-refractivity contribution is 8.01. The number of thioether (sulfide) groups is 2. The van der Waals surface area contributed by atoms with Gasteiger partial charge in [-0.05, 0) is 43.1 Å². The summed E-state index contributed by atoms with van der Waals surface area (Å²) in [6.45, 7) is 5.05. The largest absolute Gasteiger partial charge is 0.353 e. The summed E-state index contributed by atoms with van der Waals surface area (Å²) in [7, 11) is 0. The summed E-state index contributed by atoms with van der Waals surface area (Å²) in [6.07, 6.45) is 3.97. The molecule has 0 atom stereocenters. The van der Waals surface area contributed by atoms with Crippen LogP contribution in [0.5, 0.6) is 0 Å². The highest BCUT2D eigenvalue weighted by Gasteiger charge is 2.28. The molecule has 0 unspecified atom stereocenters. The van der Waals surface area contributed by atoms with Gasteiger partial charge in [0.25, 0.3) is 5.91 Å². The lowest BCUT2D eigenvalue weighted by molar-refractivity contribution is 0.0740. The average molecular weight is 381 g/mol. The zero-order valence-corrected chi connectivity index (χ0v) is 16.4. The molecule has 0 N–H and O–H groups in total. The zero-order chi connectivity index (χ0) is 17.1. The summed E-state index contributed by atoms with van der Waals surface area (Å²) in [5.41, 5.74) is 1.80. The number of rotatable bonds is 4. The Kier molecular flexibility index (Phi) is 5.68. The number of hydrogen-bond acceptors (Lipinski definition) is 7. The quantitative estimate of drug-likeness (QED) is 0.759. The van der Waals surface area contributed by atoms with Gasteiger partial charge >= 0.3 is 0 Å². The number of aryl methyl sites for hydroxylation is 1. The molecular weight excluding hydrogens is 360 g/mol. The van der Waals surface area contributed by atoms with Gasteiger partial charge < -0.3 is 9.80 Å². The minimum absolute atomic E-state index is 0.106. The van der Waals surface area contributed by atoms with Crippen LogP contribution in [0.4, 0.5) is 5.82 Å². The van der Waals surface area contributed by atoms with E-state index in [1.54, 1.807) is 23.5 Å². The Bertz CT molecular complexity index is 704. The van der Waals surface area contributed by atoms with Crippen LogP contribution in [-0.4, -0.2) is 58.9 Å². The van der Waals surface area contributed by atoms with Crippen LogP contribution >= 0.6 is 35.1 Å². The molecular formula is C16H20N4OS3. The van der Waals surface area contributed by atoms with E-state index >= 15 is 0 Å². The molecule has 0 aliphatic carbocycles. The number of amides is 1. The van der Waals surface area contributed by atoms with E-state index in [0.717, 1.165) is 39.4 Å². The summed E-state index contributed by atoms with van der Waals surface area (Å²) in [5.74, 6) is 1.10. The van der Waals surface area contributed by atoms with Crippen LogP contribution < -0.4 is 4.90 Å². The molecule has 24 heavy (non-hydrogen) atoms. The van der Waals surface area contributed by atoms with Crippen LogP contribution in [-0.2, 0) is 0 Å². The van der Waals surface area contributed by atoms with Gasteiger partial charge in [0.15, 0.2) is 0 Å². The molecule has 3 rings (SSSR count). The van der Waals surface area contributed by atoms with Crippen molar-refractivity contribution in [2.24, 2.45) is 0 Å². The molecule has 0 radical (unpaired) electrons. The number of carbonyl (C=O) groups is 1. The first-order valence-electron chi connectivity index (χ1n) is 7.69. The van der Waals surface area contributed by atoms with Crippen molar-refractivity contribution in [3.05, 3.63) is 29.5 Å².